The minimum atomic E-state index is -0.561. The molecule has 6 nitrogen and oxygen atoms in total. The number of nitrogens with one attached hydrogen (secondary N) is 1. The van der Waals surface area contributed by atoms with Crippen LogP contribution in [0.3, 0.4) is 0 Å². The standard InChI is InChI=1S/C18H15F2N5O/c19-14-2-1-11(10-22-14)9-13-5-8-25(18(13)26)17-15(20)16(23-24-17)12-3-6-21-7-4-12/h1-4,6-7,10,13H,5,8-9H2,(H,23,24)/t13-/m0/s1. The molecule has 3 aromatic heterocycles. The van der Waals surface area contributed by atoms with Crippen LogP contribution in [0.1, 0.15) is 12.0 Å². The van der Waals surface area contributed by atoms with Crippen molar-refractivity contribution in [2.24, 2.45) is 5.92 Å². The van der Waals surface area contributed by atoms with E-state index in [1.165, 1.54) is 17.2 Å². The van der Waals surface area contributed by atoms with Gasteiger partial charge in [0.2, 0.25) is 11.9 Å². The molecular formula is C18H15F2N5O. The number of aromatic nitrogens is 4. The third-order valence-electron chi connectivity index (χ3n) is 4.50. The fraction of sp³-hybridized carbons (Fsp3) is 0.222. The van der Waals surface area contributed by atoms with Gasteiger partial charge in [0.15, 0.2) is 11.6 Å². The molecule has 1 N–H and O–H groups in total. The van der Waals surface area contributed by atoms with Crippen LogP contribution in [-0.2, 0) is 11.2 Å². The monoisotopic (exact) mass is 355 g/mol. The van der Waals surface area contributed by atoms with E-state index in [-0.39, 0.29) is 23.3 Å². The molecule has 1 fully saturated rings. The third-order valence-corrected chi connectivity index (χ3v) is 4.50. The number of pyridine rings is 2. The van der Waals surface area contributed by atoms with Gasteiger partial charge >= 0.3 is 0 Å². The number of hydrogen-bond donors (Lipinski definition) is 1. The van der Waals surface area contributed by atoms with Crippen molar-refractivity contribution < 1.29 is 13.6 Å². The third kappa shape index (κ3) is 2.94. The lowest BCUT2D eigenvalue weighted by Gasteiger charge is -2.14. The highest BCUT2D eigenvalue weighted by Gasteiger charge is 2.35. The summed E-state index contributed by atoms with van der Waals surface area (Å²) in [5, 5.41) is 6.64. The van der Waals surface area contributed by atoms with E-state index in [1.54, 1.807) is 30.6 Å². The van der Waals surface area contributed by atoms with Crippen LogP contribution in [0.25, 0.3) is 11.3 Å². The number of nitrogens with zero attached hydrogens (tertiary/aromatic N) is 4. The van der Waals surface area contributed by atoms with Gasteiger partial charge in [0.05, 0.1) is 0 Å². The lowest BCUT2D eigenvalue weighted by Crippen LogP contribution is -2.28. The Hall–Kier alpha value is -3.16. The SMILES string of the molecule is O=C1[C@H](Cc2ccc(F)nc2)CCN1c1[nH]nc(-c2ccncc2)c1F. The molecule has 8 heteroatoms. The summed E-state index contributed by atoms with van der Waals surface area (Å²) in [4.78, 5) is 21.6. The molecule has 1 amide bonds. The molecule has 1 saturated heterocycles. The van der Waals surface area contributed by atoms with Crippen LogP contribution in [0.15, 0.2) is 42.9 Å². The maximum absolute atomic E-state index is 14.8. The lowest BCUT2D eigenvalue weighted by molar-refractivity contribution is -0.120. The molecule has 26 heavy (non-hydrogen) atoms. The molecule has 132 valence electrons. The van der Waals surface area contributed by atoms with Crippen molar-refractivity contribution >= 4 is 11.7 Å². The number of aromatic amines is 1. The molecule has 4 rings (SSSR count). The number of halogens is 2. The van der Waals surface area contributed by atoms with Crippen molar-refractivity contribution in [3.8, 4) is 11.3 Å². The van der Waals surface area contributed by atoms with Crippen molar-refractivity contribution in [3.05, 3.63) is 60.2 Å². The molecule has 0 radical (unpaired) electrons. The van der Waals surface area contributed by atoms with E-state index in [4.69, 9.17) is 0 Å². The second-order valence-corrected chi connectivity index (χ2v) is 6.14. The number of H-pyrrole nitrogens is 1. The highest BCUT2D eigenvalue weighted by molar-refractivity contribution is 5.97. The normalized spacial score (nSPS) is 17.1. The van der Waals surface area contributed by atoms with E-state index in [0.717, 1.165) is 5.56 Å². The number of rotatable bonds is 4. The zero-order valence-electron chi connectivity index (χ0n) is 13.7. The molecule has 0 bridgehead atoms. The van der Waals surface area contributed by atoms with Crippen LogP contribution < -0.4 is 4.90 Å². The van der Waals surface area contributed by atoms with E-state index in [0.29, 0.717) is 24.9 Å². The van der Waals surface area contributed by atoms with E-state index in [9.17, 15) is 13.6 Å². The van der Waals surface area contributed by atoms with Gasteiger partial charge in [-0.05, 0) is 36.6 Å². The first-order chi connectivity index (χ1) is 12.6. The fourth-order valence-electron chi connectivity index (χ4n) is 3.16. The molecule has 3 aromatic rings. The molecule has 1 aliphatic heterocycles. The summed E-state index contributed by atoms with van der Waals surface area (Å²) in [5.74, 6) is -1.53. The number of carbonyl (C=O) groups excluding carboxylic acids is 1. The molecular weight excluding hydrogens is 340 g/mol. The highest BCUT2D eigenvalue weighted by Crippen LogP contribution is 2.32. The smallest absolute Gasteiger partial charge is 0.231 e. The van der Waals surface area contributed by atoms with Crippen molar-refractivity contribution in [2.45, 2.75) is 12.8 Å². The van der Waals surface area contributed by atoms with Crippen LogP contribution in [0.5, 0.6) is 0 Å². The van der Waals surface area contributed by atoms with E-state index >= 15 is 0 Å². The van der Waals surface area contributed by atoms with Crippen molar-refractivity contribution in [1.29, 1.82) is 0 Å². The molecule has 4 heterocycles. The Bertz CT molecular complexity index is 927. The average molecular weight is 355 g/mol. The van der Waals surface area contributed by atoms with Crippen molar-refractivity contribution in [3.63, 3.8) is 0 Å². The van der Waals surface area contributed by atoms with Crippen LogP contribution in [0.2, 0.25) is 0 Å². The summed E-state index contributed by atoms with van der Waals surface area (Å²) in [5.41, 5.74) is 1.51. The zero-order chi connectivity index (χ0) is 18.1. The van der Waals surface area contributed by atoms with Crippen LogP contribution in [-0.4, -0.2) is 32.6 Å². The van der Waals surface area contributed by atoms with Crippen molar-refractivity contribution in [2.75, 3.05) is 11.4 Å². The van der Waals surface area contributed by atoms with E-state index in [1.807, 2.05) is 0 Å². The number of amides is 1. The zero-order valence-corrected chi connectivity index (χ0v) is 13.7. The molecule has 0 saturated carbocycles. The quantitative estimate of drug-likeness (QED) is 0.730. The van der Waals surface area contributed by atoms with Gasteiger partial charge in [-0.2, -0.15) is 9.49 Å². The maximum atomic E-state index is 14.8. The summed E-state index contributed by atoms with van der Waals surface area (Å²) in [6, 6.07) is 6.18. The largest absolute Gasteiger partial charge is 0.294 e. The average Bonchev–Trinajstić information content (AvgIpc) is 3.21. The maximum Gasteiger partial charge on any atom is 0.231 e. The van der Waals surface area contributed by atoms with Gasteiger partial charge in [-0.1, -0.05) is 6.07 Å². The van der Waals surface area contributed by atoms with Gasteiger partial charge in [-0.3, -0.25) is 19.8 Å². The van der Waals surface area contributed by atoms with Crippen LogP contribution in [0, 0.1) is 17.7 Å². The minimum absolute atomic E-state index is 0.0709. The van der Waals surface area contributed by atoms with Crippen molar-refractivity contribution in [1.82, 2.24) is 20.2 Å². The van der Waals surface area contributed by atoms with Gasteiger partial charge < -0.3 is 0 Å². The Morgan fingerprint density at radius 3 is 2.73 bits per heavy atom. The van der Waals surface area contributed by atoms with Crippen LogP contribution in [0.4, 0.5) is 14.6 Å². The summed E-state index contributed by atoms with van der Waals surface area (Å²) in [7, 11) is 0. The summed E-state index contributed by atoms with van der Waals surface area (Å²) in [6.45, 7) is 0.396. The first kappa shape index (κ1) is 16.3. The lowest BCUT2D eigenvalue weighted by atomic mass is 9.99. The Morgan fingerprint density at radius 1 is 1.19 bits per heavy atom. The second-order valence-electron chi connectivity index (χ2n) is 6.14. The van der Waals surface area contributed by atoms with Gasteiger partial charge in [0, 0.05) is 36.6 Å². The molecule has 0 spiro atoms. The fourth-order valence-corrected chi connectivity index (χ4v) is 3.16. The van der Waals surface area contributed by atoms with E-state index in [2.05, 4.69) is 20.2 Å². The Labute approximate surface area is 147 Å². The summed E-state index contributed by atoms with van der Waals surface area (Å²) >= 11 is 0. The Morgan fingerprint density at radius 2 is 2.00 bits per heavy atom. The number of carbonyl (C=O) groups is 1. The summed E-state index contributed by atoms with van der Waals surface area (Å²) in [6.07, 6.45) is 5.55. The van der Waals surface area contributed by atoms with Gasteiger partial charge in [-0.25, -0.2) is 9.37 Å². The molecule has 0 unspecified atom stereocenters. The summed E-state index contributed by atoms with van der Waals surface area (Å²) < 4.78 is 27.7. The predicted octanol–water partition coefficient (Wildman–Crippen LogP) is 2.74. The molecule has 1 aliphatic rings. The predicted molar refractivity (Wildman–Crippen MR) is 90.1 cm³/mol. The highest BCUT2D eigenvalue weighted by atomic mass is 19.1. The molecule has 1 atom stereocenters. The minimum Gasteiger partial charge on any atom is -0.294 e. The van der Waals surface area contributed by atoms with Gasteiger partial charge in [-0.15, -0.1) is 0 Å². The Kier molecular flexibility index (Phi) is 4.16. The first-order valence-electron chi connectivity index (χ1n) is 8.19. The Balaban J connectivity index is 1.53. The number of anilines is 1. The van der Waals surface area contributed by atoms with E-state index < -0.39 is 11.8 Å². The molecule has 0 aliphatic carbocycles. The number of hydrogen-bond acceptors (Lipinski definition) is 4. The first-order valence-corrected chi connectivity index (χ1v) is 8.19. The van der Waals surface area contributed by atoms with Gasteiger partial charge in [0.1, 0.15) is 5.69 Å². The van der Waals surface area contributed by atoms with Gasteiger partial charge in [0.25, 0.3) is 0 Å². The van der Waals surface area contributed by atoms with Crippen LogP contribution >= 0.6 is 0 Å². The topological polar surface area (TPSA) is 74.8 Å². The second kappa shape index (κ2) is 6.62. The molecule has 0 aromatic carbocycles.